The van der Waals surface area contributed by atoms with Gasteiger partial charge in [0.2, 0.25) is 5.89 Å². The Morgan fingerprint density at radius 1 is 1.20 bits per heavy atom. The molecule has 2 aromatic rings. The molecule has 136 valence electrons. The van der Waals surface area contributed by atoms with Gasteiger partial charge in [-0.05, 0) is 30.5 Å². The maximum atomic E-state index is 9.28. The zero-order valence-corrected chi connectivity index (χ0v) is 15.5. The highest BCUT2D eigenvalue weighted by molar-refractivity contribution is 5.79. The maximum Gasteiger partial charge on any atom is 0.213 e. The third-order valence-electron chi connectivity index (χ3n) is 3.79. The van der Waals surface area contributed by atoms with Gasteiger partial charge < -0.3 is 20.2 Å². The number of oxazole rings is 1. The summed E-state index contributed by atoms with van der Waals surface area (Å²) < 4.78 is 5.76. The lowest BCUT2D eigenvalue weighted by atomic mass is 9.94. The summed E-state index contributed by atoms with van der Waals surface area (Å²) in [6, 6.07) is 7.31. The Balaban J connectivity index is 1.72. The van der Waals surface area contributed by atoms with Gasteiger partial charge in [0.15, 0.2) is 5.96 Å². The smallest absolute Gasteiger partial charge is 0.213 e. The molecule has 0 amide bonds. The van der Waals surface area contributed by atoms with Gasteiger partial charge in [0.1, 0.15) is 11.5 Å². The summed E-state index contributed by atoms with van der Waals surface area (Å²) in [6.07, 6.45) is 3.70. The molecule has 1 aromatic carbocycles. The molecule has 0 radical (unpaired) electrons. The molecule has 6 nitrogen and oxygen atoms in total. The number of hydrogen-bond donors (Lipinski definition) is 3. The monoisotopic (exact) mass is 344 g/mol. The Kier molecular flexibility index (Phi) is 6.44. The van der Waals surface area contributed by atoms with Crippen molar-refractivity contribution in [2.75, 3.05) is 13.6 Å². The van der Waals surface area contributed by atoms with Crippen LogP contribution in [0.3, 0.4) is 0 Å². The minimum absolute atomic E-state index is 0.0423. The summed E-state index contributed by atoms with van der Waals surface area (Å²) in [5.74, 6) is 2.55. The van der Waals surface area contributed by atoms with E-state index in [1.165, 1.54) is 5.56 Å². The van der Waals surface area contributed by atoms with Crippen LogP contribution >= 0.6 is 0 Å². The number of hydrogen-bond acceptors (Lipinski definition) is 4. The number of aromatic nitrogens is 1. The van der Waals surface area contributed by atoms with Gasteiger partial charge in [-0.1, -0.05) is 32.9 Å². The van der Waals surface area contributed by atoms with Crippen LogP contribution in [0.2, 0.25) is 0 Å². The van der Waals surface area contributed by atoms with Crippen molar-refractivity contribution in [1.82, 2.24) is 15.6 Å². The van der Waals surface area contributed by atoms with Crippen molar-refractivity contribution in [2.45, 2.75) is 45.6 Å². The van der Waals surface area contributed by atoms with Crippen LogP contribution in [0, 0.1) is 0 Å². The first-order valence-electron chi connectivity index (χ1n) is 8.56. The van der Waals surface area contributed by atoms with E-state index in [0.29, 0.717) is 18.2 Å². The number of benzene rings is 1. The van der Waals surface area contributed by atoms with Crippen molar-refractivity contribution in [3.05, 3.63) is 47.7 Å². The molecule has 0 unspecified atom stereocenters. The average Bonchev–Trinajstić information content (AvgIpc) is 3.05. The van der Waals surface area contributed by atoms with Crippen molar-refractivity contribution in [2.24, 2.45) is 4.99 Å². The van der Waals surface area contributed by atoms with E-state index >= 15 is 0 Å². The number of phenolic OH excluding ortho intramolecular Hbond substituents is 1. The fourth-order valence-corrected chi connectivity index (χ4v) is 2.28. The molecule has 2 rings (SSSR count). The van der Waals surface area contributed by atoms with E-state index in [2.05, 4.69) is 41.4 Å². The first-order chi connectivity index (χ1) is 11.9. The van der Waals surface area contributed by atoms with E-state index in [1.54, 1.807) is 25.4 Å². The van der Waals surface area contributed by atoms with E-state index < -0.39 is 0 Å². The Bertz CT molecular complexity index is 684. The highest BCUT2D eigenvalue weighted by atomic mass is 16.4. The molecule has 0 bridgehead atoms. The zero-order valence-electron chi connectivity index (χ0n) is 15.5. The predicted molar refractivity (Wildman–Crippen MR) is 99.8 cm³/mol. The molecule has 25 heavy (non-hydrogen) atoms. The second kappa shape index (κ2) is 8.55. The summed E-state index contributed by atoms with van der Waals surface area (Å²) in [4.78, 5) is 8.51. The number of phenols is 1. The molecule has 0 aliphatic carbocycles. The summed E-state index contributed by atoms with van der Waals surface area (Å²) >= 11 is 0. The molecular formula is C19H28N4O2. The lowest BCUT2D eigenvalue weighted by molar-refractivity contribution is 0.379. The van der Waals surface area contributed by atoms with Crippen molar-refractivity contribution in [3.63, 3.8) is 0 Å². The highest BCUT2D eigenvalue weighted by Gasteiger charge is 2.19. The number of nitrogens with zero attached hydrogens (tertiary/aromatic N) is 2. The Labute approximate surface area is 149 Å². The third kappa shape index (κ3) is 6.14. The van der Waals surface area contributed by atoms with Gasteiger partial charge in [0.05, 0.1) is 12.7 Å². The van der Waals surface area contributed by atoms with Crippen molar-refractivity contribution >= 4 is 5.96 Å². The molecule has 0 saturated heterocycles. The van der Waals surface area contributed by atoms with Crippen LogP contribution in [0.5, 0.6) is 5.75 Å². The van der Waals surface area contributed by atoms with Crippen LogP contribution < -0.4 is 10.6 Å². The molecule has 3 N–H and O–H groups in total. The molecular weight excluding hydrogens is 316 g/mol. The molecule has 0 aliphatic heterocycles. The first kappa shape index (κ1) is 18.8. The minimum Gasteiger partial charge on any atom is -0.508 e. The van der Waals surface area contributed by atoms with Crippen LogP contribution in [0.25, 0.3) is 0 Å². The van der Waals surface area contributed by atoms with Gasteiger partial charge in [-0.15, -0.1) is 0 Å². The zero-order chi connectivity index (χ0) is 18.3. The van der Waals surface area contributed by atoms with Crippen molar-refractivity contribution < 1.29 is 9.52 Å². The van der Waals surface area contributed by atoms with Crippen LogP contribution in [0.15, 0.2) is 39.9 Å². The SMILES string of the molecule is CN=C(NCCCc1ccc(O)cc1)NCc1ncc(C(C)(C)C)o1. The van der Waals surface area contributed by atoms with Crippen molar-refractivity contribution in [1.29, 1.82) is 0 Å². The van der Waals surface area contributed by atoms with Gasteiger partial charge in [0, 0.05) is 19.0 Å². The number of aryl methyl sites for hydroxylation is 1. The molecule has 0 fully saturated rings. The fourth-order valence-electron chi connectivity index (χ4n) is 2.28. The first-order valence-corrected chi connectivity index (χ1v) is 8.56. The Hall–Kier alpha value is -2.50. The molecule has 1 aromatic heterocycles. The number of aliphatic imine (C=N–C) groups is 1. The van der Waals surface area contributed by atoms with Gasteiger partial charge >= 0.3 is 0 Å². The molecule has 0 saturated carbocycles. The van der Waals surface area contributed by atoms with E-state index in [9.17, 15) is 5.11 Å². The van der Waals surface area contributed by atoms with Gasteiger partial charge in [-0.25, -0.2) is 4.98 Å². The Morgan fingerprint density at radius 2 is 1.92 bits per heavy atom. The molecule has 0 spiro atoms. The second-order valence-corrected chi connectivity index (χ2v) is 6.99. The Morgan fingerprint density at radius 3 is 2.52 bits per heavy atom. The average molecular weight is 344 g/mol. The number of aromatic hydroxyl groups is 1. The number of guanidine groups is 1. The summed E-state index contributed by atoms with van der Waals surface area (Å²) in [5, 5.41) is 15.8. The van der Waals surface area contributed by atoms with Gasteiger partial charge in [0.25, 0.3) is 0 Å². The highest BCUT2D eigenvalue weighted by Crippen LogP contribution is 2.22. The number of rotatable bonds is 6. The van der Waals surface area contributed by atoms with E-state index in [0.717, 1.165) is 31.1 Å². The van der Waals surface area contributed by atoms with E-state index in [1.807, 2.05) is 12.1 Å². The quantitative estimate of drug-likeness (QED) is 0.426. The van der Waals surface area contributed by atoms with Crippen LogP contribution in [-0.4, -0.2) is 29.6 Å². The second-order valence-electron chi connectivity index (χ2n) is 6.99. The van der Waals surface area contributed by atoms with Crippen LogP contribution in [0.4, 0.5) is 0 Å². The standard InChI is InChI=1S/C19H28N4O2/c1-19(2,3)16-12-22-17(25-16)13-23-18(20-4)21-11-5-6-14-7-9-15(24)10-8-14/h7-10,12,24H,5-6,11,13H2,1-4H3,(H2,20,21,23). The largest absolute Gasteiger partial charge is 0.508 e. The van der Waals surface area contributed by atoms with Crippen LogP contribution in [0.1, 0.15) is 44.4 Å². The van der Waals surface area contributed by atoms with Gasteiger partial charge in [-0.2, -0.15) is 0 Å². The lowest BCUT2D eigenvalue weighted by Crippen LogP contribution is -2.37. The summed E-state index contributed by atoms with van der Waals surface area (Å²) in [7, 11) is 1.74. The van der Waals surface area contributed by atoms with Gasteiger partial charge in [-0.3, -0.25) is 4.99 Å². The van der Waals surface area contributed by atoms with E-state index in [4.69, 9.17) is 4.42 Å². The van der Waals surface area contributed by atoms with Crippen LogP contribution in [-0.2, 0) is 18.4 Å². The minimum atomic E-state index is -0.0423. The summed E-state index contributed by atoms with van der Waals surface area (Å²) in [6.45, 7) is 7.59. The number of nitrogens with one attached hydrogen (secondary N) is 2. The van der Waals surface area contributed by atoms with Crippen molar-refractivity contribution in [3.8, 4) is 5.75 Å². The summed E-state index contributed by atoms with van der Waals surface area (Å²) in [5.41, 5.74) is 1.16. The third-order valence-corrected chi connectivity index (χ3v) is 3.79. The lowest BCUT2D eigenvalue weighted by Gasteiger charge is -2.13. The maximum absolute atomic E-state index is 9.28. The van der Waals surface area contributed by atoms with E-state index in [-0.39, 0.29) is 5.41 Å². The topological polar surface area (TPSA) is 82.7 Å². The molecule has 0 aliphatic rings. The normalized spacial score (nSPS) is 12.2. The molecule has 0 atom stereocenters. The molecule has 6 heteroatoms. The fraction of sp³-hybridized carbons (Fsp3) is 0.474. The predicted octanol–water partition coefficient (Wildman–Crippen LogP) is 2.98. The molecule has 1 heterocycles.